The molecule has 0 saturated heterocycles. The van der Waals surface area contributed by atoms with Gasteiger partial charge in [0.1, 0.15) is 5.82 Å². The average molecular weight is 228 g/mol. The fourth-order valence-electron chi connectivity index (χ4n) is 1.35. The van der Waals surface area contributed by atoms with E-state index in [1.165, 1.54) is 6.92 Å². The van der Waals surface area contributed by atoms with Crippen LogP contribution in [0.25, 0.3) is 0 Å². The molecule has 2 aromatic rings. The third-order valence-corrected chi connectivity index (χ3v) is 2.03. The Balaban J connectivity index is 2.23. The predicted octanol–water partition coefficient (Wildman–Crippen LogP) is 2.18. The number of hydrogen-bond acceptors (Lipinski definition) is 4. The summed E-state index contributed by atoms with van der Waals surface area (Å²) in [6, 6.07) is 9.06. The molecule has 0 aliphatic heterocycles. The monoisotopic (exact) mass is 228 g/mol. The maximum absolute atomic E-state index is 11.0. The number of nitrogens with zero attached hydrogens (tertiary/aromatic N) is 2. The van der Waals surface area contributed by atoms with E-state index >= 15 is 0 Å². The van der Waals surface area contributed by atoms with Crippen molar-refractivity contribution in [3.63, 3.8) is 0 Å². The Hall–Kier alpha value is -2.43. The molecular formula is C12H12N4O. The zero-order chi connectivity index (χ0) is 12.1. The number of amides is 1. The summed E-state index contributed by atoms with van der Waals surface area (Å²) in [4.78, 5) is 19.3. The molecule has 2 heterocycles. The number of pyridine rings is 2. The van der Waals surface area contributed by atoms with Crippen LogP contribution < -0.4 is 10.6 Å². The molecule has 86 valence electrons. The van der Waals surface area contributed by atoms with Gasteiger partial charge in [0, 0.05) is 19.3 Å². The third-order valence-electron chi connectivity index (χ3n) is 2.03. The Morgan fingerprint density at radius 2 is 1.94 bits per heavy atom. The highest BCUT2D eigenvalue weighted by molar-refractivity contribution is 5.92. The largest absolute Gasteiger partial charge is 0.323 e. The van der Waals surface area contributed by atoms with Crippen LogP contribution in [0.1, 0.15) is 6.92 Å². The number of nitrogens with one attached hydrogen (secondary N) is 2. The fourth-order valence-corrected chi connectivity index (χ4v) is 1.35. The predicted molar refractivity (Wildman–Crippen MR) is 66.1 cm³/mol. The molecule has 0 saturated carbocycles. The van der Waals surface area contributed by atoms with E-state index in [9.17, 15) is 4.79 Å². The van der Waals surface area contributed by atoms with Crippen LogP contribution in [-0.4, -0.2) is 15.9 Å². The van der Waals surface area contributed by atoms with Crippen molar-refractivity contribution in [2.45, 2.75) is 6.92 Å². The van der Waals surface area contributed by atoms with E-state index in [-0.39, 0.29) is 5.91 Å². The molecule has 0 aliphatic rings. The van der Waals surface area contributed by atoms with E-state index < -0.39 is 0 Å². The summed E-state index contributed by atoms with van der Waals surface area (Å²) in [5.74, 6) is 1.11. The molecule has 0 bridgehead atoms. The first kappa shape index (κ1) is 11.1. The van der Waals surface area contributed by atoms with E-state index in [2.05, 4.69) is 20.6 Å². The summed E-state index contributed by atoms with van der Waals surface area (Å²) in [6.07, 6.45) is 3.33. The highest BCUT2D eigenvalue weighted by atomic mass is 16.1. The van der Waals surface area contributed by atoms with E-state index in [0.717, 1.165) is 0 Å². The number of carbonyl (C=O) groups is 1. The second-order valence-corrected chi connectivity index (χ2v) is 3.42. The second kappa shape index (κ2) is 5.07. The van der Waals surface area contributed by atoms with Crippen LogP contribution in [0.15, 0.2) is 42.7 Å². The first-order valence-corrected chi connectivity index (χ1v) is 5.16. The summed E-state index contributed by atoms with van der Waals surface area (Å²) in [5.41, 5.74) is 0.630. The van der Waals surface area contributed by atoms with Crippen molar-refractivity contribution in [2.24, 2.45) is 0 Å². The number of carbonyl (C=O) groups excluding carboxylic acids is 1. The van der Waals surface area contributed by atoms with Crippen molar-refractivity contribution in [3.8, 4) is 0 Å². The van der Waals surface area contributed by atoms with Gasteiger partial charge in [-0.1, -0.05) is 6.07 Å². The van der Waals surface area contributed by atoms with Crippen LogP contribution in [0.3, 0.4) is 0 Å². The Morgan fingerprint density at radius 1 is 1.12 bits per heavy atom. The lowest BCUT2D eigenvalue weighted by Crippen LogP contribution is -2.09. The van der Waals surface area contributed by atoms with E-state index in [1.807, 2.05) is 18.2 Å². The zero-order valence-electron chi connectivity index (χ0n) is 9.34. The molecule has 5 heteroatoms. The Bertz CT molecular complexity index is 513. The quantitative estimate of drug-likeness (QED) is 0.845. The molecule has 0 aromatic carbocycles. The third kappa shape index (κ3) is 3.01. The molecule has 17 heavy (non-hydrogen) atoms. The molecule has 2 N–H and O–H groups in total. The second-order valence-electron chi connectivity index (χ2n) is 3.42. The van der Waals surface area contributed by atoms with Crippen molar-refractivity contribution in [1.82, 2.24) is 9.97 Å². The van der Waals surface area contributed by atoms with Gasteiger partial charge in [0.05, 0.1) is 5.69 Å². The van der Waals surface area contributed by atoms with Crippen LogP contribution in [0, 0.1) is 0 Å². The normalized spacial score (nSPS) is 9.71. The zero-order valence-corrected chi connectivity index (χ0v) is 9.34. The lowest BCUT2D eigenvalue weighted by atomic mass is 10.3. The molecule has 0 spiro atoms. The lowest BCUT2D eigenvalue weighted by Gasteiger charge is -2.09. The number of rotatable bonds is 3. The maximum Gasteiger partial charge on any atom is 0.221 e. The van der Waals surface area contributed by atoms with Crippen molar-refractivity contribution in [2.75, 3.05) is 10.6 Å². The van der Waals surface area contributed by atoms with Crippen LogP contribution in [0.4, 0.5) is 17.3 Å². The van der Waals surface area contributed by atoms with Gasteiger partial charge in [0.25, 0.3) is 0 Å². The Morgan fingerprint density at radius 3 is 2.65 bits per heavy atom. The van der Waals surface area contributed by atoms with Crippen LogP contribution >= 0.6 is 0 Å². The smallest absolute Gasteiger partial charge is 0.221 e. The minimum Gasteiger partial charge on any atom is -0.323 e. The van der Waals surface area contributed by atoms with Gasteiger partial charge in [-0.25, -0.2) is 9.97 Å². The molecule has 0 unspecified atom stereocenters. The van der Waals surface area contributed by atoms with E-state index in [4.69, 9.17) is 0 Å². The fraction of sp³-hybridized carbons (Fsp3) is 0.0833. The van der Waals surface area contributed by atoms with Gasteiger partial charge in [0.2, 0.25) is 5.91 Å². The van der Waals surface area contributed by atoms with E-state index in [0.29, 0.717) is 17.3 Å². The topological polar surface area (TPSA) is 66.9 Å². The minimum absolute atomic E-state index is 0.137. The standard InChI is InChI=1S/C12H12N4O/c1-9(17)15-10-5-4-8-14-12(10)16-11-6-2-3-7-13-11/h2-8H,1H3,(H,15,17)(H,13,14,16). The van der Waals surface area contributed by atoms with Crippen molar-refractivity contribution in [1.29, 1.82) is 0 Å². The number of anilines is 3. The molecule has 0 aliphatic carbocycles. The van der Waals surface area contributed by atoms with Gasteiger partial charge in [-0.3, -0.25) is 4.79 Å². The first-order chi connectivity index (χ1) is 8.25. The average Bonchev–Trinajstić information content (AvgIpc) is 2.32. The van der Waals surface area contributed by atoms with Gasteiger partial charge in [-0.2, -0.15) is 0 Å². The summed E-state index contributed by atoms with van der Waals surface area (Å²) >= 11 is 0. The summed E-state index contributed by atoms with van der Waals surface area (Å²) < 4.78 is 0. The highest BCUT2D eigenvalue weighted by Crippen LogP contribution is 2.21. The van der Waals surface area contributed by atoms with Crippen LogP contribution in [0.5, 0.6) is 0 Å². The minimum atomic E-state index is -0.137. The SMILES string of the molecule is CC(=O)Nc1cccnc1Nc1ccccn1. The van der Waals surface area contributed by atoms with Crippen LogP contribution in [0.2, 0.25) is 0 Å². The van der Waals surface area contributed by atoms with Gasteiger partial charge >= 0.3 is 0 Å². The molecule has 2 aromatic heterocycles. The summed E-state index contributed by atoms with van der Waals surface area (Å²) in [5, 5.41) is 5.74. The van der Waals surface area contributed by atoms with Crippen molar-refractivity contribution < 1.29 is 4.79 Å². The molecule has 2 rings (SSSR count). The lowest BCUT2D eigenvalue weighted by molar-refractivity contribution is -0.114. The van der Waals surface area contributed by atoms with Crippen molar-refractivity contribution >= 4 is 23.2 Å². The number of aromatic nitrogens is 2. The number of hydrogen-bond donors (Lipinski definition) is 2. The molecule has 5 nitrogen and oxygen atoms in total. The first-order valence-electron chi connectivity index (χ1n) is 5.16. The molecular weight excluding hydrogens is 216 g/mol. The summed E-state index contributed by atoms with van der Waals surface area (Å²) in [7, 11) is 0. The van der Waals surface area contributed by atoms with Gasteiger partial charge in [0.15, 0.2) is 5.82 Å². The van der Waals surface area contributed by atoms with Crippen molar-refractivity contribution in [3.05, 3.63) is 42.7 Å². The Labute approximate surface area is 98.9 Å². The molecule has 0 radical (unpaired) electrons. The van der Waals surface area contributed by atoms with Gasteiger partial charge in [-0.05, 0) is 24.3 Å². The molecule has 0 fully saturated rings. The van der Waals surface area contributed by atoms with Gasteiger partial charge < -0.3 is 10.6 Å². The summed E-state index contributed by atoms with van der Waals surface area (Å²) in [6.45, 7) is 1.46. The van der Waals surface area contributed by atoms with E-state index in [1.54, 1.807) is 24.5 Å². The molecule has 1 amide bonds. The van der Waals surface area contributed by atoms with Crippen LogP contribution in [-0.2, 0) is 4.79 Å². The highest BCUT2D eigenvalue weighted by Gasteiger charge is 2.04. The van der Waals surface area contributed by atoms with Gasteiger partial charge in [-0.15, -0.1) is 0 Å². The maximum atomic E-state index is 11.0. The molecule has 0 atom stereocenters. The Kier molecular flexibility index (Phi) is 3.30.